The fourth-order valence-corrected chi connectivity index (χ4v) is 2.47. The number of carbonyl (C=O) groups is 1. The molecule has 3 N–H and O–H groups in total. The molecule has 120 valence electrons. The molecule has 0 saturated heterocycles. The molecule has 1 aliphatic rings. The molecule has 23 heavy (non-hydrogen) atoms. The van der Waals surface area contributed by atoms with Gasteiger partial charge in [-0.05, 0) is 17.7 Å². The quantitative estimate of drug-likeness (QED) is 0.752. The first-order chi connectivity index (χ1) is 11.0. The lowest BCUT2D eigenvalue weighted by Crippen LogP contribution is -2.05. The summed E-state index contributed by atoms with van der Waals surface area (Å²) < 4.78 is 11.1. The minimum absolute atomic E-state index is 0.0253. The van der Waals surface area contributed by atoms with Crippen LogP contribution in [-0.2, 0) is 6.42 Å². The highest BCUT2D eigenvalue weighted by atomic mass is 16.5. The van der Waals surface area contributed by atoms with Crippen LogP contribution in [0.2, 0.25) is 0 Å². The number of rotatable bonds is 3. The second-order valence-electron chi connectivity index (χ2n) is 5.29. The normalized spacial score (nSPS) is 13.4. The summed E-state index contributed by atoms with van der Waals surface area (Å²) in [6.45, 7) is 1.13. The zero-order valence-corrected chi connectivity index (χ0v) is 12.3. The van der Waals surface area contributed by atoms with E-state index in [0.717, 1.165) is 18.6 Å². The number of Topliss-reactive ketones (excluding diaryl/α,β-unsaturated/α-hetero) is 1. The standard InChI is InChI=1S/C17H16O6/c18-11-8-13(20)17(14(21)9-11)12(19)6-10-2-3-15-16(7-10)23-5-1-4-22-15/h2-3,7-9,18,20-21H,1,4-6H2. The van der Waals surface area contributed by atoms with Gasteiger partial charge >= 0.3 is 0 Å². The predicted molar refractivity (Wildman–Crippen MR) is 81.5 cm³/mol. The van der Waals surface area contributed by atoms with Gasteiger partial charge in [-0.3, -0.25) is 4.79 Å². The number of carbonyl (C=O) groups excluding carboxylic acids is 1. The molecule has 1 heterocycles. The fourth-order valence-electron chi connectivity index (χ4n) is 2.47. The largest absolute Gasteiger partial charge is 0.508 e. The summed E-state index contributed by atoms with van der Waals surface area (Å²) in [5, 5.41) is 28.8. The van der Waals surface area contributed by atoms with E-state index in [0.29, 0.717) is 30.3 Å². The van der Waals surface area contributed by atoms with E-state index in [1.165, 1.54) is 0 Å². The van der Waals surface area contributed by atoms with Crippen LogP contribution in [0.4, 0.5) is 0 Å². The monoisotopic (exact) mass is 316 g/mol. The Hall–Kier alpha value is -2.89. The first-order valence-electron chi connectivity index (χ1n) is 7.21. The van der Waals surface area contributed by atoms with E-state index in [9.17, 15) is 20.1 Å². The topological polar surface area (TPSA) is 96.2 Å². The lowest BCUT2D eigenvalue weighted by atomic mass is 10.0. The predicted octanol–water partition coefficient (Wildman–Crippen LogP) is 2.39. The van der Waals surface area contributed by atoms with Crippen molar-refractivity contribution < 1.29 is 29.6 Å². The lowest BCUT2D eigenvalue weighted by molar-refractivity contribution is 0.0987. The second kappa shape index (κ2) is 6.08. The summed E-state index contributed by atoms with van der Waals surface area (Å²) in [5.74, 6) is -0.480. The molecule has 2 aromatic carbocycles. The van der Waals surface area contributed by atoms with Gasteiger partial charge in [-0.25, -0.2) is 0 Å². The van der Waals surface area contributed by atoms with Gasteiger partial charge in [0, 0.05) is 25.0 Å². The number of ether oxygens (including phenoxy) is 2. The number of benzene rings is 2. The maximum absolute atomic E-state index is 12.3. The molecule has 2 aromatic rings. The molecular formula is C17H16O6. The average molecular weight is 316 g/mol. The van der Waals surface area contributed by atoms with Crippen molar-refractivity contribution in [2.75, 3.05) is 13.2 Å². The molecule has 6 heteroatoms. The van der Waals surface area contributed by atoms with Crippen LogP contribution in [0, 0.1) is 0 Å². The summed E-state index contributed by atoms with van der Waals surface area (Å²) >= 11 is 0. The zero-order valence-electron chi connectivity index (χ0n) is 12.3. The van der Waals surface area contributed by atoms with Crippen molar-refractivity contribution in [3.05, 3.63) is 41.5 Å². The van der Waals surface area contributed by atoms with Gasteiger partial charge in [0.15, 0.2) is 17.3 Å². The van der Waals surface area contributed by atoms with Gasteiger partial charge in [-0.2, -0.15) is 0 Å². The maximum atomic E-state index is 12.3. The van der Waals surface area contributed by atoms with Gasteiger partial charge in [-0.15, -0.1) is 0 Å². The number of hydrogen-bond acceptors (Lipinski definition) is 6. The molecule has 0 bridgehead atoms. The van der Waals surface area contributed by atoms with Crippen molar-refractivity contribution in [2.45, 2.75) is 12.8 Å². The van der Waals surface area contributed by atoms with Crippen molar-refractivity contribution >= 4 is 5.78 Å². The summed E-state index contributed by atoms with van der Waals surface area (Å²) in [5.41, 5.74) is 0.459. The molecule has 0 unspecified atom stereocenters. The number of phenols is 3. The number of hydrogen-bond donors (Lipinski definition) is 3. The van der Waals surface area contributed by atoms with Crippen LogP contribution in [-0.4, -0.2) is 34.3 Å². The molecule has 0 radical (unpaired) electrons. The summed E-state index contributed by atoms with van der Waals surface area (Å²) in [6, 6.07) is 7.22. The third-order valence-corrected chi connectivity index (χ3v) is 3.54. The van der Waals surface area contributed by atoms with E-state index in [4.69, 9.17) is 9.47 Å². The van der Waals surface area contributed by atoms with E-state index >= 15 is 0 Å². The summed E-state index contributed by atoms with van der Waals surface area (Å²) in [6.07, 6.45) is 0.765. The molecular weight excluding hydrogens is 300 g/mol. The Morgan fingerprint density at radius 1 is 0.957 bits per heavy atom. The van der Waals surface area contributed by atoms with E-state index in [1.54, 1.807) is 18.2 Å². The number of phenolic OH excluding ortho intramolecular Hbond substituents is 3. The van der Waals surface area contributed by atoms with Crippen molar-refractivity contribution in [3.63, 3.8) is 0 Å². The van der Waals surface area contributed by atoms with Gasteiger partial charge < -0.3 is 24.8 Å². The smallest absolute Gasteiger partial charge is 0.174 e. The minimum Gasteiger partial charge on any atom is -0.508 e. The number of fused-ring (bicyclic) bond motifs is 1. The summed E-state index contributed by atoms with van der Waals surface area (Å²) in [4.78, 5) is 12.3. The van der Waals surface area contributed by atoms with Crippen LogP contribution in [0.25, 0.3) is 0 Å². The van der Waals surface area contributed by atoms with Crippen LogP contribution in [0.15, 0.2) is 30.3 Å². The molecule has 0 saturated carbocycles. The molecule has 1 aliphatic heterocycles. The second-order valence-corrected chi connectivity index (χ2v) is 5.29. The van der Waals surface area contributed by atoms with E-state index in [2.05, 4.69) is 0 Å². The van der Waals surface area contributed by atoms with Crippen molar-refractivity contribution in [3.8, 4) is 28.7 Å². The minimum atomic E-state index is -0.463. The molecule has 3 rings (SSSR count). The maximum Gasteiger partial charge on any atom is 0.174 e. The van der Waals surface area contributed by atoms with Gasteiger partial charge in [0.25, 0.3) is 0 Å². The summed E-state index contributed by atoms with van der Waals surface area (Å²) in [7, 11) is 0. The molecule has 0 aromatic heterocycles. The van der Waals surface area contributed by atoms with E-state index in [-0.39, 0.29) is 17.7 Å². The molecule has 0 aliphatic carbocycles. The van der Waals surface area contributed by atoms with Gasteiger partial charge in [0.1, 0.15) is 22.8 Å². The van der Waals surface area contributed by atoms with Gasteiger partial charge in [0.05, 0.1) is 13.2 Å². The Kier molecular flexibility index (Phi) is 3.97. The fraction of sp³-hybridized carbons (Fsp3) is 0.235. The Balaban J connectivity index is 1.85. The van der Waals surface area contributed by atoms with Crippen molar-refractivity contribution in [1.29, 1.82) is 0 Å². The molecule has 0 amide bonds. The number of aromatic hydroxyl groups is 3. The van der Waals surface area contributed by atoms with Crippen LogP contribution >= 0.6 is 0 Å². The van der Waals surface area contributed by atoms with E-state index in [1.807, 2.05) is 0 Å². The van der Waals surface area contributed by atoms with Gasteiger partial charge in [-0.1, -0.05) is 6.07 Å². The Morgan fingerprint density at radius 3 is 2.30 bits per heavy atom. The van der Waals surface area contributed by atoms with Crippen molar-refractivity contribution in [1.82, 2.24) is 0 Å². The highest BCUT2D eigenvalue weighted by Crippen LogP contribution is 2.34. The van der Waals surface area contributed by atoms with E-state index < -0.39 is 17.3 Å². The molecule has 6 nitrogen and oxygen atoms in total. The third-order valence-electron chi connectivity index (χ3n) is 3.54. The average Bonchev–Trinajstić information content (AvgIpc) is 2.70. The van der Waals surface area contributed by atoms with Gasteiger partial charge in [0.2, 0.25) is 0 Å². The van der Waals surface area contributed by atoms with Crippen LogP contribution < -0.4 is 9.47 Å². The highest BCUT2D eigenvalue weighted by Gasteiger charge is 2.19. The SMILES string of the molecule is O=C(Cc1ccc2c(c1)OCCCO2)c1c(O)cc(O)cc1O. The van der Waals surface area contributed by atoms with Crippen LogP contribution in [0.5, 0.6) is 28.7 Å². The van der Waals surface area contributed by atoms with Crippen LogP contribution in [0.1, 0.15) is 22.3 Å². The van der Waals surface area contributed by atoms with Crippen molar-refractivity contribution in [2.24, 2.45) is 0 Å². The Bertz CT molecular complexity index is 730. The third kappa shape index (κ3) is 3.15. The highest BCUT2D eigenvalue weighted by molar-refractivity contribution is 6.02. The zero-order chi connectivity index (χ0) is 16.4. The Morgan fingerprint density at radius 2 is 1.61 bits per heavy atom. The van der Waals surface area contributed by atoms with Crippen LogP contribution in [0.3, 0.4) is 0 Å². The number of ketones is 1. The first kappa shape index (κ1) is 15.0. The molecule has 0 fully saturated rings. The Labute approximate surface area is 132 Å². The lowest BCUT2D eigenvalue weighted by Gasteiger charge is -2.10. The first-order valence-corrected chi connectivity index (χ1v) is 7.21. The molecule has 0 atom stereocenters. The molecule has 0 spiro atoms.